The lowest BCUT2D eigenvalue weighted by Gasteiger charge is -2.48. The van der Waals surface area contributed by atoms with Gasteiger partial charge in [0.05, 0.1) is 17.1 Å². The first kappa shape index (κ1) is 22.4. The van der Waals surface area contributed by atoms with E-state index in [0.717, 1.165) is 50.0 Å². The summed E-state index contributed by atoms with van der Waals surface area (Å²) in [5, 5.41) is 0. The lowest BCUT2D eigenvalue weighted by atomic mass is 9.79. The van der Waals surface area contributed by atoms with Crippen LogP contribution in [0.15, 0.2) is 23.0 Å². The fourth-order valence-electron chi connectivity index (χ4n) is 5.24. The summed E-state index contributed by atoms with van der Waals surface area (Å²) in [6, 6.07) is 6.52. The molecule has 0 amide bonds. The number of nitrogens with zero attached hydrogens (tertiary/aromatic N) is 2. The van der Waals surface area contributed by atoms with Gasteiger partial charge in [0.15, 0.2) is 0 Å². The Morgan fingerprint density at radius 2 is 1.86 bits per heavy atom. The minimum atomic E-state index is 0. The van der Waals surface area contributed by atoms with Gasteiger partial charge >= 0.3 is 5.69 Å². The van der Waals surface area contributed by atoms with Crippen LogP contribution >= 0.6 is 12.4 Å². The maximum Gasteiger partial charge on any atom is 0.326 e. The third kappa shape index (κ3) is 4.57. The Bertz CT molecular complexity index is 859. The zero-order chi connectivity index (χ0) is 19.7. The first-order valence-electron chi connectivity index (χ1n) is 11.1. The highest BCUT2D eigenvalue weighted by molar-refractivity contribution is 5.85. The van der Waals surface area contributed by atoms with E-state index in [4.69, 9.17) is 4.74 Å². The molecule has 2 aliphatic rings. The fraction of sp³-hybridized carbons (Fsp3) is 0.696. The summed E-state index contributed by atoms with van der Waals surface area (Å²) in [6.45, 7) is 9.75. The number of rotatable bonds is 5. The molecule has 1 aliphatic heterocycles. The Morgan fingerprint density at radius 1 is 1.17 bits per heavy atom. The van der Waals surface area contributed by atoms with Crippen LogP contribution in [0.25, 0.3) is 11.0 Å². The average Bonchev–Trinajstić information content (AvgIpc) is 3.02. The molecule has 4 rings (SSSR count). The van der Waals surface area contributed by atoms with Crippen LogP contribution in [0.2, 0.25) is 0 Å². The van der Waals surface area contributed by atoms with E-state index in [1.165, 1.54) is 31.2 Å². The number of H-pyrrole nitrogens is 1. The van der Waals surface area contributed by atoms with Crippen LogP contribution < -0.4 is 5.69 Å². The Balaban J connectivity index is 0.00000240. The largest absolute Gasteiger partial charge is 0.378 e. The topological polar surface area (TPSA) is 50.3 Å². The average molecular weight is 422 g/mol. The zero-order valence-corrected chi connectivity index (χ0v) is 18.9. The maximum atomic E-state index is 12.6. The molecule has 5 nitrogen and oxygen atoms in total. The van der Waals surface area contributed by atoms with Crippen molar-refractivity contribution in [3.63, 3.8) is 0 Å². The molecule has 0 atom stereocenters. The van der Waals surface area contributed by atoms with Gasteiger partial charge in [0.1, 0.15) is 0 Å². The highest BCUT2D eigenvalue weighted by Crippen LogP contribution is 2.38. The number of ether oxygens (including phenoxy) is 1. The fourth-order valence-corrected chi connectivity index (χ4v) is 5.24. The monoisotopic (exact) mass is 421 g/mol. The van der Waals surface area contributed by atoms with Crippen LogP contribution in [-0.4, -0.2) is 45.8 Å². The molecule has 0 bridgehead atoms. The molecule has 1 saturated heterocycles. The summed E-state index contributed by atoms with van der Waals surface area (Å²) in [5.74, 6) is 0. The van der Waals surface area contributed by atoms with Crippen molar-refractivity contribution in [2.75, 3.05) is 19.7 Å². The summed E-state index contributed by atoms with van der Waals surface area (Å²) >= 11 is 0. The molecule has 1 aromatic carbocycles. The molecule has 29 heavy (non-hydrogen) atoms. The second-order valence-corrected chi connectivity index (χ2v) is 9.11. The molecular weight excluding hydrogens is 386 g/mol. The number of halogens is 1. The van der Waals surface area contributed by atoms with Crippen LogP contribution in [0, 0.1) is 6.92 Å². The van der Waals surface area contributed by atoms with Crippen molar-refractivity contribution in [2.45, 2.75) is 83.4 Å². The lowest BCUT2D eigenvalue weighted by molar-refractivity contribution is -0.0305. The van der Waals surface area contributed by atoms with Crippen molar-refractivity contribution in [1.29, 1.82) is 0 Å². The number of fused-ring (bicyclic) bond motifs is 1. The molecule has 0 radical (unpaired) electrons. The van der Waals surface area contributed by atoms with Crippen LogP contribution in [0.1, 0.15) is 70.4 Å². The summed E-state index contributed by atoms with van der Waals surface area (Å²) in [7, 11) is 0. The number of piperidine rings is 1. The van der Waals surface area contributed by atoms with Crippen LogP contribution in [0.4, 0.5) is 0 Å². The normalized spacial score (nSPS) is 26.5. The number of aromatic nitrogens is 2. The molecular formula is C23H36ClN3O2. The van der Waals surface area contributed by atoms with Gasteiger partial charge in [-0.05, 0) is 76.5 Å². The highest BCUT2D eigenvalue weighted by Gasteiger charge is 2.38. The Kier molecular flexibility index (Phi) is 7.13. The van der Waals surface area contributed by atoms with Crippen molar-refractivity contribution in [3.05, 3.63) is 34.2 Å². The standard InChI is InChI=1S/C23H35N3O2.ClH/c1-4-15-28-19-7-11-23(3,12-8-19)25-13-9-18(10-14-25)26-21-16-17(2)5-6-20(21)24-22(26)27;/h5-6,16,18-19H,4,7-15H2,1-3H3,(H,24,27);1H/t19-,23-;. The minimum absolute atomic E-state index is 0. The summed E-state index contributed by atoms with van der Waals surface area (Å²) in [4.78, 5) is 18.3. The number of hydrogen-bond donors (Lipinski definition) is 1. The van der Waals surface area contributed by atoms with Gasteiger partial charge in [-0.15, -0.1) is 12.4 Å². The van der Waals surface area contributed by atoms with Gasteiger partial charge in [0, 0.05) is 31.3 Å². The predicted octanol–water partition coefficient (Wildman–Crippen LogP) is 4.82. The van der Waals surface area contributed by atoms with Gasteiger partial charge in [0.25, 0.3) is 0 Å². The molecule has 2 heterocycles. The van der Waals surface area contributed by atoms with Gasteiger partial charge in [-0.1, -0.05) is 13.0 Å². The van der Waals surface area contributed by atoms with Gasteiger partial charge in [-0.2, -0.15) is 0 Å². The van der Waals surface area contributed by atoms with Crippen molar-refractivity contribution < 1.29 is 4.74 Å². The van der Waals surface area contributed by atoms with Crippen molar-refractivity contribution in [1.82, 2.24) is 14.5 Å². The van der Waals surface area contributed by atoms with Gasteiger partial charge in [0.2, 0.25) is 0 Å². The second-order valence-electron chi connectivity index (χ2n) is 9.11. The number of likely N-dealkylation sites (tertiary alicyclic amines) is 1. The third-order valence-corrected chi connectivity index (χ3v) is 7.03. The zero-order valence-electron chi connectivity index (χ0n) is 18.1. The number of nitrogens with one attached hydrogen (secondary N) is 1. The van der Waals surface area contributed by atoms with E-state index in [-0.39, 0.29) is 18.1 Å². The number of aryl methyl sites for hydroxylation is 1. The molecule has 162 valence electrons. The Hall–Kier alpha value is -1.30. The molecule has 2 fully saturated rings. The first-order valence-corrected chi connectivity index (χ1v) is 11.1. The molecule has 1 saturated carbocycles. The van der Waals surface area contributed by atoms with E-state index in [1.807, 2.05) is 10.6 Å². The van der Waals surface area contributed by atoms with Gasteiger partial charge < -0.3 is 9.72 Å². The van der Waals surface area contributed by atoms with Gasteiger partial charge in [-0.25, -0.2) is 4.79 Å². The van der Waals surface area contributed by atoms with Crippen LogP contribution in [0.3, 0.4) is 0 Å². The van der Waals surface area contributed by atoms with E-state index in [0.29, 0.717) is 17.7 Å². The first-order chi connectivity index (χ1) is 13.5. The molecule has 1 aliphatic carbocycles. The second kappa shape index (κ2) is 9.23. The predicted molar refractivity (Wildman–Crippen MR) is 121 cm³/mol. The van der Waals surface area contributed by atoms with Crippen LogP contribution in [0.5, 0.6) is 0 Å². The highest BCUT2D eigenvalue weighted by atomic mass is 35.5. The lowest BCUT2D eigenvalue weighted by Crippen LogP contribution is -2.53. The maximum absolute atomic E-state index is 12.6. The number of benzene rings is 1. The molecule has 6 heteroatoms. The van der Waals surface area contributed by atoms with E-state index in [2.05, 4.69) is 42.8 Å². The summed E-state index contributed by atoms with van der Waals surface area (Å²) < 4.78 is 7.99. The van der Waals surface area contributed by atoms with E-state index >= 15 is 0 Å². The number of hydrogen-bond acceptors (Lipinski definition) is 3. The molecule has 0 spiro atoms. The molecule has 0 unspecified atom stereocenters. The van der Waals surface area contributed by atoms with Crippen molar-refractivity contribution >= 4 is 23.4 Å². The van der Waals surface area contributed by atoms with E-state index < -0.39 is 0 Å². The Labute approximate surface area is 180 Å². The SMILES string of the molecule is CCCO[C@H]1CC[C@](C)(N2CCC(n3c(=O)[nH]c4ccc(C)cc43)CC2)CC1.Cl. The van der Waals surface area contributed by atoms with Crippen molar-refractivity contribution in [2.24, 2.45) is 0 Å². The minimum Gasteiger partial charge on any atom is -0.378 e. The smallest absolute Gasteiger partial charge is 0.326 e. The summed E-state index contributed by atoms with van der Waals surface area (Å²) in [5.41, 5.74) is 3.54. The number of imidazole rings is 1. The summed E-state index contributed by atoms with van der Waals surface area (Å²) in [6.07, 6.45) is 8.46. The number of aromatic amines is 1. The Morgan fingerprint density at radius 3 is 2.52 bits per heavy atom. The molecule has 2 aromatic rings. The van der Waals surface area contributed by atoms with Gasteiger partial charge in [-0.3, -0.25) is 9.47 Å². The molecule has 1 aromatic heterocycles. The van der Waals surface area contributed by atoms with E-state index in [9.17, 15) is 4.79 Å². The van der Waals surface area contributed by atoms with E-state index in [1.54, 1.807) is 0 Å². The third-order valence-electron chi connectivity index (χ3n) is 7.03. The molecule has 1 N–H and O–H groups in total. The quantitative estimate of drug-likeness (QED) is 0.752. The van der Waals surface area contributed by atoms with Crippen molar-refractivity contribution in [3.8, 4) is 0 Å². The van der Waals surface area contributed by atoms with Crippen LogP contribution in [-0.2, 0) is 4.74 Å².